The molecule has 2 amide bonds. The van der Waals surface area contributed by atoms with Crippen LogP contribution in [0.25, 0.3) is 6.08 Å². The summed E-state index contributed by atoms with van der Waals surface area (Å²) in [5.41, 5.74) is 0.683. The second kappa shape index (κ2) is 8.64. The molecule has 2 aromatic carbocycles. The second-order valence-electron chi connectivity index (χ2n) is 5.35. The highest BCUT2D eigenvalue weighted by molar-refractivity contribution is 9.10. The molecule has 0 radical (unpaired) electrons. The third-order valence-electron chi connectivity index (χ3n) is 3.41. The topological polar surface area (TPSA) is 67.4 Å². The van der Waals surface area contributed by atoms with Gasteiger partial charge in [-0.3, -0.25) is 9.59 Å². The number of hydrogen-bond donors (Lipinski definition) is 2. The summed E-state index contributed by atoms with van der Waals surface area (Å²) in [6, 6.07) is 11.0. The van der Waals surface area contributed by atoms with Gasteiger partial charge in [0.2, 0.25) is 0 Å². The molecule has 1 heterocycles. The van der Waals surface area contributed by atoms with E-state index in [1.807, 2.05) is 0 Å². The Labute approximate surface area is 172 Å². The Morgan fingerprint density at radius 3 is 2.81 bits per heavy atom. The van der Waals surface area contributed by atoms with Crippen LogP contribution in [0.3, 0.4) is 0 Å². The molecule has 1 aliphatic rings. The van der Waals surface area contributed by atoms with Gasteiger partial charge in [-0.15, -0.1) is 0 Å². The minimum absolute atomic E-state index is 0.0804. The number of hydrogen-bond acceptors (Lipinski definition) is 5. The Kier molecular flexibility index (Phi) is 6.25. The number of nitrogens with one attached hydrogen (secondary N) is 2. The van der Waals surface area contributed by atoms with Crippen molar-refractivity contribution in [2.24, 2.45) is 0 Å². The number of halogens is 2. The largest absolute Gasteiger partial charge is 0.483 e. The number of para-hydroxylation sites is 1. The number of carbonyl (C=O) groups is 2. The lowest BCUT2D eigenvalue weighted by Gasteiger charge is -2.11. The first-order chi connectivity index (χ1) is 12.9. The molecule has 0 saturated carbocycles. The minimum atomic E-state index is -0.528. The van der Waals surface area contributed by atoms with E-state index in [-0.39, 0.29) is 18.2 Å². The summed E-state index contributed by atoms with van der Waals surface area (Å²) in [5, 5.41) is 4.99. The number of anilines is 1. The summed E-state index contributed by atoms with van der Waals surface area (Å²) in [7, 11) is 0. The van der Waals surface area contributed by atoms with Crippen molar-refractivity contribution < 1.29 is 18.7 Å². The average Bonchev–Trinajstić information content (AvgIpc) is 2.93. The van der Waals surface area contributed by atoms with E-state index in [4.69, 9.17) is 17.0 Å². The van der Waals surface area contributed by atoms with Crippen molar-refractivity contribution in [1.82, 2.24) is 5.32 Å². The number of thioether (sulfide) groups is 1. The van der Waals surface area contributed by atoms with Crippen LogP contribution >= 0.6 is 39.9 Å². The lowest BCUT2D eigenvalue weighted by atomic mass is 10.2. The van der Waals surface area contributed by atoms with Gasteiger partial charge in [0.15, 0.2) is 6.61 Å². The van der Waals surface area contributed by atoms with Crippen molar-refractivity contribution in [2.45, 2.75) is 0 Å². The number of amides is 2. The Balaban J connectivity index is 1.73. The van der Waals surface area contributed by atoms with Crippen LogP contribution in [-0.4, -0.2) is 22.7 Å². The van der Waals surface area contributed by atoms with E-state index >= 15 is 0 Å². The molecule has 0 atom stereocenters. The van der Waals surface area contributed by atoms with Crippen LogP contribution in [0.2, 0.25) is 0 Å². The van der Waals surface area contributed by atoms with Crippen LogP contribution in [0.15, 0.2) is 51.8 Å². The molecule has 9 heteroatoms. The highest BCUT2D eigenvalue weighted by atomic mass is 79.9. The number of carbonyl (C=O) groups excluding carboxylic acids is 2. The van der Waals surface area contributed by atoms with Gasteiger partial charge in [-0.05, 0) is 36.4 Å². The molecule has 1 fully saturated rings. The van der Waals surface area contributed by atoms with Crippen molar-refractivity contribution in [3.63, 3.8) is 0 Å². The second-order valence-corrected chi connectivity index (χ2v) is 7.99. The Hall–Kier alpha value is -2.23. The standard InChI is InChI=1S/C18H12BrFN2O3S2/c19-11-5-6-14(10(7-11)8-15-17(24)22-18(26)27-15)25-9-16(23)21-13-4-2-1-3-12(13)20/h1-8H,9H2,(H,21,23)(H,22,24,26)/b15-8-. The fraction of sp³-hybridized carbons (Fsp3) is 0.0556. The lowest BCUT2D eigenvalue weighted by molar-refractivity contribution is -0.118. The molecule has 0 aromatic heterocycles. The maximum absolute atomic E-state index is 13.6. The van der Waals surface area contributed by atoms with Crippen molar-refractivity contribution >= 4 is 67.8 Å². The number of thiocarbonyl (C=S) groups is 1. The predicted octanol–water partition coefficient (Wildman–Crippen LogP) is 4.09. The molecular weight excluding hydrogens is 455 g/mol. The summed E-state index contributed by atoms with van der Waals surface area (Å²) in [5.74, 6) is -0.912. The van der Waals surface area contributed by atoms with Crippen molar-refractivity contribution in [1.29, 1.82) is 0 Å². The van der Waals surface area contributed by atoms with Gasteiger partial charge in [-0.2, -0.15) is 0 Å². The van der Waals surface area contributed by atoms with Gasteiger partial charge in [0.05, 0.1) is 10.6 Å². The molecule has 1 saturated heterocycles. The van der Waals surface area contributed by atoms with Crippen LogP contribution in [0.1, 0.15) is 5.56 Å². The van der Waals surface area contributed by atoms with Crippen LogP contribution in [0.4, 0.5) is 10.1 Å². The smallest absolute Gasteiger partial charge is 0.263 e. The van der Waals surface area contributed by atoms with E-state index in [9.17, 15) is 14.0 Å². The first-order valence-corrected chi connectivity index (χ1v) is 9.66. The third-order valence-corrected chi connectivity index (χ3v) is 5.06. The van der Waals surface area contributed by atoms with Gasteiger partial charge in [0.1, 0.15) is 15.9 Å². The van der Waals surface area contributed by atoms with E-state index < -0.39 is 11.7 Å². The SMILES string of the molecule is O=C(COc1ccc(Br)cc1/C=C1\SC(=S)NC1=O)Nc1ccccc1F. The monoisotopic (exact) mass is 466 g/mol. The maximum Gasteiger partial charge on any atom is 0.263 e. The van der Waals surface area contributed by atoms with Gasteiger partial charge >= 0.3 is 0 Å². The summed E-state index contributed by atoms with van der Waals surface area (Å²) in [6.07, 6.45) is 1.63. The van der Waals surface area contributed by atoms with Crippen LogP contribution in [-0.2, 0) is 9.59 Å². The predicted molar refractivity (Wildman–Crippen MR) is 111 cm³/mol. The van der Waals surface area contributed by atoms with E-state index in [1.165, 1.54) is 18.2 Å². The van der Waals surface area contributed by atoms with Crippen LogP contribution in [0.5, 0.6) is 5.75 Å². The first-order valence-electron chi connectivity index (χ1n) is 7.64. The Morgan fingerprint density at radius 2 is 2.11 bits per heavy atom. The highest BCUT2D eigenvalue weighted by Crippen LogP contribution is 2.31. The van der Waals surface area contributed by atoms with E-state index in [2.05, 4.69) is 26.6 Å². The molecule has 138 valence electrons. The molecular formula is C18H12BrFN2O3S2. The Morgan fingerprint density at radius 1 is 1.33 bits per heavy atom. The molecule has 0 unspecified atom stereocenters. The average molecular weight is 467 g/mol. The maximum atomic E-state index is 13.6. The minimum Gasteiger partial charge on any atom is -0.483 e. The van der Waals surface area contributed by atoms with Crippen LogP contribution in [0, 0.1) is 5.82 Å². The number of ether oxygens (including phenoxy) is 1. The van der Waals surface area contributed by atoms with Gasteiger partial charge in [-0.1, -0.05) is 52.0 Å². The van der Waals surface area contributed by atoms with Gasteiger partial charge < -0.3 is 15.4 Å². The van der Waals surface area contributed by atoms with Gasteiger partial charge in [0.25, 0.3) is 11.8 Å². The molecule has 27 heavy (non-hydrogen) atoms. The van der Waals surface area contributed by atoms with Crippen LogP contribution < -0.4 is 15.4 Å². The lowest BCUT2D eigenvalue weighted by Crippen LogP contribution is -2.21. The molecule has 0 spiro atoms. The zero-order valence-electron chi connectivity index (χ0n) is 13.6. The molecule has 2 aromatic rings. The number of rotatable bonds is 5. The quantitative estimate of drug-likeness (QED) is 0.512. The molecule has 1 aliphatic heterocycles. The molecule has 0 bridgehead atoms. The third kappa shape index (κ3) is 5.15. The van der Waals surface area contributed by atoms with E-state index in [1.54, 1.807) is 30.3 Å². The normalized spacial score (nSPS) is 15.0. The summed E-state index contributed by atoms with van der Waals surface area (Å²) < 4.78 is 20.3. The fourth-order valence-corrected chi connectivity index (χ4v) is 3.63. The fourth-order valence-electron chi connectivity index (χ4n) is 2.22. The Bertz CT molecular complexity index is 965. The van der Waals surface area contributed by atoms with Crippen molar-refractivity contribution in [3.8, 4) is 5.75 Å². The molecule has 0 aliphatic carbocycles. The summed E-state index contributed by atoms with van der Waals surface area (Å²) in [6.45, 7) is -0.316. The number of benzene rings is 2. The summed E-state index contributed by atoms with van der Waals surface area (Å²) in [4.78, 5) is 24.3. The molecule has 5 nitrogen and oxygen atoms in total. The first kappa shape index (κ1) is 19.5. The van der Waals surface area contributed by atoms with Crippen molar-refractivity contribution in [3.05, 3.63) is 63.2 Å². The zero-order chi connectivity index (χ0) is 19.4. The highest BCUT2D eigenvalue weighted by Gasteiger charge is 2.22. The molecule has 3 rings (SSSR count). The van der Waals surface area contributed by atoms with E-state index in [0.717, 1.165) is 16.2 Å². The van der Waals surface area contributed by atoms with Gasteiger partial charge in [-0.25, -0.2) is 4.39 Å². The summed E-state index contributed by atoms with van der Waals surface area (Å²) >= 11 is 9.49. The van der Waals surface area contributed by atoms with Crippen molar-refractivity contribution in [2.75, 3.05) is 11.9 Å². The molecule has 2 N–H and O–H groups in total. The zero-order valence-corrected chi connectivity index (χ0v) is 16.8. The van der Waals surface area contributed by atoms with Gasteiger partial charge in [0, 0.05) is 10.0 Å². The van der Waals surface area contributed by atoms with E-state index in [0.29, 0.717) is 20.5 Å².